The second kappa shape index (κ2) is 8.49. The first kappa shape index (κ1) is 23.0. The third-order valence-corrected chi connectivity index (χ3v) is 13.7. The maximum atomic E-state index is 5.59. The predicted molar refractivity (Wildman–Crippen MR) is 140 cm³/mol. The van der Waals surface area contributed by atoms with E-state index in [9.17, 15) is 0 Å². The number of fused-ring (bicyclic) bond motifs is 6. The monoisotopic (exact) mass is 476 g/mol. The lowest BCUT2D eigenvalue weighted by Gasteiger charge is -2.60. The molecule has 0 aromatic carbocycles. The Morgan fingerprint density at radius 2 is 1.65 bits per heavy atom. The Kier molecular flexibility index (Phi) is 6.31. The van der Waals surface area contributed by atoms with E-state index in [4.69, 9.17) is 12.2 Å². The van der Waals surface area contributed by atoms with Crippen molar-refractivity contribution >= 4 is 34.9 Å². The normalized spacial score (nSPS) is 42.6. The molecule has 31 heavy (non-hydrogen) atoms. The predicted octanol–water partition coefficient (Wildman–Crippen LogP) is 9.58. The van der Waals surface area contributed by atoms with Crippen LogP contribution in [0.15, 0.2) is 0 Å². The summed E-state index contributed by atoms with van der Waals surface area (Å²) in [7, 11) is 0. The standard InChI is InChI=1S/C28H44S3/c1-17(2)7-6-8-18(3)21-11-12-22-20-10-9-19-15-24-25(31-26(29)30-24)16-28(19,5)23(20)13-14-27(21,22)4/h17-23H,6-16H2,1-5H3/t18-,19+,20+,21-,22+,23+,27-,28+/m1/s1. The Morgan fingerprint density at radius 3 is 2.42 bits per heavy atom. The topological polar surface area (TPSA) is 0 Å². The Morgan fingerprint density at radius 1 is 0.903 bits per heavy atom. The van der Waals surface area contributed by atoms with Crippen LogP contribution in [-0.4, -0.2) is 0 Å². The zero-order valence-corrected chi connectivity index (χ0v) is 23.0. The summed E-state index contributed by atoms with van der Waals surface area (Å²) in [5.74, 6) is 6.65. The molecule has 0 bridgehead atoms. The first-order valence-corrected chi connectivity index (χ1v) is 15.4. The maximum Gasteiger partial charge on any atom is 0.144 e. The summed E-state index contributed by atoms with van der Waals surface area (Å²) < 4.78 is 1.17. The lowest BCUT2D eigenvalue weighted by Crippen LogP contribution is -2.54. The van der Waals surface area contributed by atoms with Crippen LogP contribution in [0, 0.1) is 55.4 Å². The largest absolute Gasteiger partial charge is 0.144 e. The minimum Gasteiger partial charge on any atom is -0.118 e. The summed E-state index contributed by atoms with van der Waals surface area (Å²) in [6, 6.07) is 0. The number of rotatable bonds is 5. The van der Waals surface area contributed by atoms with E-state index in [1.165, 1.54) is 73.8 Å². The van der Waals surface area contributed by atoms with Crippen LogP contribution in [0.3, 0.4) is 0 Å². The summed E-state index contributed by atoms with van der Waals surface area (Å²) >= 11 is 9.48. The van der Waals surface area contributed by atoms with Gasteiger partial charge in [0, 0.05) is 9.75 Å². The summed E-state index contributed by atoms with van der Waals surface area (Å²) in [4.78, 5) is 3.33. The zero-order chi connectivity index (χ0) is 22.0. The molecule has 8 atom stereocenters. The molecule has 0 spiro atoms. The van der Waals surface area contributed by atoms with Crippen molar-refractivity contribution in [2.75, 3.05) is 0 Å². The Balaban J connectivity index is 1.34. The van der Waals surface area contributed by atoms with Gasteiger partial charge in [0.25, 0.3) is 0 Å². The first-order chi connectivity index (χ1) is 14.7. The van der Waals surface area contributed by atoms with Gasteiger partial charge in [-0.2, -0.15) is 0 Å². The van der Waals surface area contributed by atoms with Gasteiger partial charge in [-0.3, -0.25) is 0 Å². The van der Waals surface area contributed by atoms with Crippen molar-refractivity contribution in [3.05, 3.63) is 12.9 Å². The molecule has 0 radical (unpaired) electrons. The quantitative estimate of drug-likeness (QED) is 0.381. The van der Waals surface area contributed by atoms with E-state index in [2.05, 4.69) is 34.6 Å². The van der Waals surface area contributed by atoms with E-state index >= 15 is 0 Å². The molecule has 3 saturated carbocycles. The van der Waals surface area contributed by atoms with Crippen LogP contribution in [0.1, 0.15) is 102 Å². The molecule has 3 fully saturated rings. The average molecular weight is 477 g/mol. The second-order valence-electron chi connectivity index (χ2n) is 12.9. The van der Waals surface area contributed by atoms with Gasteiger partial charge in [-0.25, -0.2) is 0 Å². The van der Waals surface area contributed by atoms with Crippen molar-refractivity contribution < 1.29 is 0 Å². The van der Waals surface area contributed by atoms with Crippen molar-refractivity contribution in [3.63, 3.8) is 0 Å². The highest BCUT2D eigenvalue weighted by Gasteiger charge is 2.60. The van der Waals surface area contributed by atoms with Crippen molar-refractivity contribution in [2.24, 2.45) is 52.3 Å². The Hall–Kier alpha value is 0.270. The minimum absolute atomic E-state index is 0.539. The van der Waals surface area contributed by atoms with Crippen LogP contribution >= 0.6 is 34.9 Å². The van der Waals surface area contributed by atoms with E-state index in [1.807, 2.05) is 22.7 Å². The van der Waals surface area contributed by atoms with Gasteiger partial charge in [-0.05, 0) is 104 Å². The molecule has 5 rings (SSSR count). The third kappa shape index (κ3) is 3.85. The molecule has 4 aliphatic carbocycles. The molecular weight excluding hydrogens is 433 g/mol. The summed E-state index contributed by atoms with van der Waals surface area (Å²) in [6.07, 6.45) is 16.1. The molecule has 0 unspecified atom stereocenters. The molecule has 1 aromatic heterocycles. The van der Waals surface area contributed by atoms with E-state index in [0.29, 0.717) is 10.8 Å². The fourth-order valence-corrected chi connectivity index (χ4v) is 12.4. The molecular formula is C28H44S3. The van der Waals surface area contributed by atoms with E-state index in [-0.39, 0.29) is 0 Å². The van der Waals surface area contributed by atoms with Crippen molar-refractivity contribution in [3.8, 4) is 0 Å². The fraction of sp³-hybridized carbons (Fsp3) is 0.893. The van der Waals surface area contributed by atoms with Gasteiger partial charge in [0.05, 0.1) is 0 Å². The highest BCUT2D eigenvalue weighted by molar-refractivity contribution is 7.76. The van der Waals surface area contributed by atoms with E-state index < -0.39 is 0 Å². The molecule has 174 valence electrons. The van der Waals surface area contributed by atoms with Crippen molar-refractivity contribution in [1.29, 1.82) is 0 Å². The lowest BCUT2D eigenvalue weighted by molar-refractivity contribution is -0.102. The number of hydrogen-bond donors (Lipinski definition) is 0. The molecule has 1 heterocycles. The van der Waals surface area contributed by atoms with E-state index in [1.54, 1.807) is 9.75 Å². The van der Waals surface area contributed by atoms with Crippen LogP contribution in [0.2, 0.25) is 0 Å². The van der Waals surface area contributed by atoms with Gasteiger partial charge >= 0.3 is 0 Å². The average Bonchev–Trinajstić information content (AvgIpc) is 3.23. The molecule has 0 N–H and O–H groups in total. The van der Waals surface area contributed by atoms with Crippen LogP contribution in [-0.2, 0) is 12.8 Å². The van der Waals surface area contributed by atoms with E-state index in [0.717, 1.165) is 41.4 Å². The summed E-state index contributed by atoms with van der Waals surface area (Å²) in [5.41, 5.74) is 1.16. The number of hydrogen-bond acceptors (Lipinski definition) is 3. The molecule has 3 heteroatoms. The molecule has 0 saturated heterocycles. The van der Waals surface area contributed by atoms with Crippen LogP contribution in [0.4, 0.5) is 0 Å². The summed E-state index contributed by atoms with van der Waals surface area (Å²) in [6.45, 7) is 12.8. The first-order valence-electron chi connectivity index (χ1n) is 13.3. The Bertz CT molecular complexity index is 849. The lowest BCUT2D eigenvalue weighted by atomic mass is 9.45. The van der Waals surface area contributed by atoms with Crippen LogP contribution in [0.5, 0.6) is 0 Å². The fourth-order valence-electron chi connectivity index (χ4n) is 9.37. The van der Waals surface area contributed by atoms with Gasteiger partial charge in [-0.15, -0.1) is 22.7 Å². The van der Waals surface area contributed by atoms with Crippen molar-refractivity contribution in [2.45, 2.75) is 105 Å². The summed E-state index contributed by atoms with van der Waals surface area (Å²) in [5, 5.41) is 0. The van der Waals surface area contributed by atoms with Crippen molar-refractivity contribution in [1.82, 2.24) is 0 Å². The molecule has 4 aliphatic rings. The minimum atomic E-state index is 0.539. The highest BCUT2D eigenvalue weighted by atomic mass is 32.2. The maximum absolute atomic E-state index is 5.59. The van der Waals surface area contributed by atoms with Crippen LogP contribution < -0.4 is 0 Å². The smallest absolute Gasteiger partial charge is 0.118 e. The zero-order valence-electron chi connectivity index (χ0n) is 20.5. The second-order valence-corrected chi connectivity index (χ2v) is 16.3. The van der Waals surface area contributed by atoms with Crippen LogP contribution in [0.25, 0.3) is 0 Å². The highest BCUT2D eigenvalue weighted by Crippen LogP contribution is 2.68. The third-order valence-electron chi connectivity index (χ3n) is 11.0. The molecule has 0 amide bonds. The van der Waals surface area contributed by atoms with Gasteiger partial charge in [0.1, 0.15) is 3.14 Å². The van der Waals surface area contributed by atoms with Gasteiger partial charge in [0.2, 0.25) is 0 Å². The molecule has 1 aromatic rings. The molecule has 0 aliphatic heterocycles. The van der Waals surface area contributed by atoms with Gasteiger partial charge in [-0.1, -0.05) is 66.1 Å². The Labute approximate surface area is 204 Å². The van der Waals surface area contributed by atoms with Gasteiger partial charge < -0.3 is 0 Å². The SMILES string of the molecule is CC(C)CCC[C@@H](C)[C@H]1CC[C@H]2[C@@H]3CC[C@H]4Cc5sc(=S)sc5C[C@]4(C)[C@H]3CC[C@]12C. The molecule has 0 nitrogen and oxygen atoms in total. The van der Waals surface area contributed by atoms with Gasteiger partial charge in [0.15, 0.2) is 0 Å².